The molecule has 1 aromatic carbocycles. The third kappa shape index (κ3) is 3.58. The number of carboxylic acids is 1. The van der Waals surface area contributed by atoms with Crippen molar-refractivity contribution in [2.24, 2.45) is 0 Å². The fraction of sp³-hybridized carbons (Fsp3) is 0.333. The fourth-order valence-electron chi connectivity index (χ4n) is 1.48. The summed E-state index contributed by atoms with van der Waals surface area (Å²) < 4.78 is 10.2. The first kappa shape index (κ1) is 15.2. The Kier molecular flexibility index (Phi) is 5.29. The van der Waals surface area contributed by atoms with Crippen molar-refractivity contribution in [1.82, 2.24) is 0 Å². The molecular formula is C12H12N2O6. The van der Waals surface area contributed by atoms with Gasteiger partial charge in [-0.15, -0.1) is 0 Å². The summed E-state index contributed by atoms with van der Waals surface area (Å²) in [5.41, 5.74) is -1.05. The summed E-state index contributed by atoms with van der Waals surface area (Å²) in [5, 5.41) is 28.2. The number of hydrogen-bond acceptors (Lipinski definition) is 6. The van der Waals surface area contributed by atoms with Gasteiger partial charge in [-0.1, -0.05) is 0 Å². The molecule has 0 aliphatic carbocycles. The molecule has 0 aliphatic rings. The average Bonchev–Trinajstić information content (AvgIpc) is 2.42. The number of carboxylic acid groups (broad SMARTS) is 1. The lowest BCUT2D eigenvalue weighted by Gasteiger charge is -2.11. The Bertz CT molecular complexity index is 564. The van der Waals surface area contributed by atoms with Gasteiger partial charge in [0, 0.05) is 12.5 Å². The van der Waals surface area contributed by atoms with E-state index in [1.165, 1.54) is 7.11 Å². The predicted octanol–water partition coefficient (Wildman–Crippen LogP) is 1.98. The Labute approximate surface area is 114 Å². The Morgan fingerprint density at radius 1 is 1.50 bits per heavy atom. The van der Waals surface area contributed by atoms with Gasteiger partial charge in [0.25, 0.3) is 5.69 Å². The number of aromatic carboxylic acids is 1. The second-order valence-electron chi connectivity index (χ2n) is 3.69. The molecule has 106 valence electrons. The van der Waals surface area contributed by atoms with E-state index in [4.69, 9.17) is 19.8 Å². The van der Waals surface area contributed by atoms with Crippen LogP contribution >= 0.6 is 0 Å². The van der Waals surface area contributed by atoms with E-state index in [2.05, 4.69) is 0 Å². The molecule has 0 saturated carbocycles. The van der Waals surface area contributed by atoms with Crippen LogP contribution in [-0.2, 0) is 0 Å². The Balaban J connectivity index is 3.10. The van der Waals surface area contributed by atoms with E-state index in [0.29, 0.717) is 6.42 Å². The van der Waals surface area contributed by atoms with Gasteiger partial charge in [0.15, 0.2) is 11.5 Å². The number of ether oxygens (including phenoxy) is 2. The largest absolute Gasteiger partial charge is 0.493 e. The van der Waals surface area contributed by atoms with Crippen LogP contribution in [0.25, 0.3) is 0 Å². The molecule has 0 aliphatic heterocycles. The number of benzene rings is 1. The molecule has 0 unspecified atom stereocenters. The summed E-state index contributed by atoms with van der Waals surface area (Å²) in [6.45, 7) is 0.174. The molecule has 0 radical (unpaired) electrons. The van der Waals surface area contributed by atoms with E-state index in [-0.39, 0.29) is 24.5 Å². The zero-order valence-electron chi connectivity index (χ0n) is 10.7. The third-order valence-corrected chi connectivity index (χ3v) is 2.40. The van der Waals surface area contributed by atoms with Crippen molar-refractivity contribution < 1.29 is 24.3 Å². The van der Waals surface area contributed by atoms with Crippen LogP contribution in [0.15, 0.2) is 12.1 Å². The molecule has 20 heavy (non-hydrogen) atoms. The number of nitro groups is 1. The Morgan fingerprint density at radius 3 is 2.70 bits per heavy atom. The number of methoxy groups -OCH3 is 1. The molecule has 0 amide bonds. The van der Waals surface area contributed by atoms with Gasteiger partial charge in [-0.25, -0.2) is 4.79 Å². The van der Waals surface area contributed by atoms with Crippen molar-refractivity contribution in [2.45, 2.75) is 12.8 Å². The smallest absolute Gasteiger partial charge is 0.342 e. The molecule has 1 rings (SSSR count). The quantitative estimate of drug-likeness (QED) is 0.460. The van der Waals surface area contributed by atoms with Gasteiger partial charge in [0.05, 0.1) is 30.8 Å². The van der Waals surface area contributed by atoms with Gasteiger partial charge in [-0.05, 0) is 6.42 Å². The van der Waals surface area contributed by atoms with Crippen LogP contribution in [-0.4, -0.2) is 29.7 Å². The molecule has 0 saturated heterocycles. The summed E-state index contributed by atoms with van der Waals surface area (Å²) in [6.07, 6.45) is 0.742. The van der Waals surface area contributed by atoms with E-state index in [1.807, 2.05) is 6.07 Å². The van der Waals surface area contributed by atoms with Crippen LogP contribution in [0.2, 0.25) is 0 Å². The molecule has 0 bridgehead atoms. The van der Waals surface area contributed by atoms with E-state index in [1.54, 1.807) is 0 Å². The first-order valence-corrected chi connectivity index (χ1v) is 5.60. The summed E-state index contributed by atoms with van der Waals surface area (Å²) in [5.74, 6) is -1.27. The first-order chi connectivity index (χ1) is 9.51. The number of nitriles is 1. The highest BCUT2D eigenvalue weighted by atomic mass is 16.6. The lowest BCUT2D eigenvalue weighted by atomic mass is 10.1. The standard InChI is InChI=1S/C12H12N2O6/c1-19-10-6-8(12(15)16)9(14(17)18)7-11(10)20-5-3-2-4-13/h6-7H,2-3,5H2,1H3,(H,15,16). The molecule has 0 heterocycles. The molecule has 0 aromatic heterocycles. The van der Waals surface area contributed by atoms with E-state index >= 15 is 0 Å². The average molecular weight is 280 g/mol. The Hall–Kier alpha value is -2.82. The fourth-order valence-corrected chi connectivity index (χ4v) is 1.48. The number of hydrogen-bond donors (Lipinski definition) is 1. The minimum atomic E-state index is -1.42. The second-order valence-corrected chi connectivity index (χ2v) is 3.69. The lowest BCUT2D eigenvalue weighted by Crippen LogP contribution is -2.06. The van der Waals surface area contributed by atoms with Crippen molar-refractivity contribution in [2.75, 3.05) is 13.7 Å². The van der Waals surface area contributed by atoms with Crippen molar-refractivity contribution in [1.29, 1.82) is 5.26 Å². The van der Waals surface area contributed by atoms with Gasteiger partial charge in [0.2, 0.25) is 0 Å². The minimum absolute atomic E-state index is 0.0714. The predicted molar refractivity (Wildman–Crippen MR) is 66.9 cm³/mol. The van der Waals surface area contributed by atoms with Crippen molar-refractivity contribution in [3.8, 4) is 17.6 Å². The summed E-state index contributed by atoms with van der Waals surface area (Å²) >= 11 is 0. The maximum absolute atomic E-state index is 11.0. The maximum atomic E-state index is 11.0. The van der Waals surface area contributed by atoms with Gasteiger partial charge in [-0.2, -0.15) is 5.26 Å². The van der Waals surface area contributed by atoms with Crippen molar-refractivity contribution in [3.63, 3.8) is 0 Å². The summed E-state index contributed by atoms with van der Waals surface area (Å²) in [7, 11) is 1.30. The van der Waals surface area contributed by atoms with Gasteiger partial charge < -0.3 is 14.6 Å². The molecule has 0 atom stereocenters. The van der Waals surface area contributed by atoms with E-state index in [0.717, 1.165) is 12.1 Å². The maximum Gasteiger partial charge on any atom is 0.342 e. The molecular weight excluding hydrogens is 268 g/mol. The highest BCUT2D eigenvalue weighted by Crippen LogP contribution is 2.34. The summed E-state index contributed by atoms with van der Waals surface area (Å²) in [6, 6.07) is 3.99. The lowest BCUT2D eigenvalue weighted by molar-refractivity contribution is -0.385. The monoisotopic (exact) mass is 280 g/mol. The van der Waals surface area contributed by atoms with Crippen LogP contribution in [0, 0.1) is 21.4 Å². The molecule has 8 nitrogen and oxygen atoms in total. The SMILES string of the molecule is COc1cc(C(=O)O)c([N+](=O)[O-])cc1OCCCC#N. The number of nitro benzene ring substituents is 1. The molecule has 1 N–H and O–H groups in total. The summed E-state index contributed by atoms with van der Waals surface area (Å²) in [4.78, 5) is 21.0. The third-order valence-electron chi connectivity index (χ3n) is 2.40. The van der Waals surface area contributed by atoms with Crippen molar-refractivity contribution in [3.05, 3.63) is 27.8 Å². The van der Waals surface area contributed by atoms with Crippen LogP contribution in [0.5, 0.6) is 11.5 Å². The van der Waals surface area contributed by atoms with E-state index in [9.17, 15) is 14.9 Å². The Morgan fingerprint density at radius 2 is 2.20 bits per heavy atom. The second kappa shape index (κ2) is 6.94. The topological polar surface area (TPSA) is 123 Å². The first-order valence-electron chi connectivity index (χ1n) is 5.60. The highest BCUT2D eigenvalue weighted by molar-refractivity contribution is 5.93. The van der Waals surface area contributed by atoms with Crippen LogP contribution in [0.3, 0.4) is 0 Å². The normalized spacial score (nSPS) is 9.60. The van der Waals surface area contributed by atoms with Crippen LogP contribution in [0.4, 0.5) is 5.69 Å². The highest BCUT2D eigenvalue weighted by Gasteiger charge is 2.24. The van der Waals surface area contributed by atoms with Crippen LogP contribution < -0.4 is 9.47 Å². The number of unbranched alkanes of at least 4 members (excludes halogenated alkanes) is 1. The zero-order chi connectivity index (χ0) is 15.1. The molecule has 8 heteroatoms. The number of carbonyl (C=O) groups is 1. The van der Waals surface area contributed by atoms with E-state index < -0.39 is 22.1 Å². The van der Waals surface area contributed by atoms with Crippen molar-refractivity contribution >= 4 is 11.7 Å². The molecule has 0 spiro atoms. The van der Waals surface area contributed by atoms with Gasteiger partial charge >= 0.3 is 5.97 Å². The molecule has 0 fully saturated rings. The number of nitrogens with zero attached hydrogens (tertiary/aromatic N) is 2. The van der Waals surface area contributed by atoms with Gasteiger partial charge in [-0.3, -0.25) is 10.1 Å². The molecule has 1 aromatic rings. The van der Waals surface area contributed by atoms with Crippen LogP contribution in [0.1, 0.15) is 23.2 Å². The number of rotatable bonds is 7. The minimum Gasteiger partial charge on any atom is -0.493 e. The van der Waals surface area contributed by atoms with Gasteiger partial charge in [0.1, 0.15) is 5.56 Å². The zero-order valence-corrected chi connectivity index (χ0v) is 10.7.